The second kappa shape index (κ2) is 13.2. The molecule has 0 unspecified atom stereocenters. The Labute approximate surface area is 276 Å². The molecule has 1 saturated heterocycles. The summed E-state index contributed by atoms with van der Waals surface area (Å²) >= 11 is 0. The van der Waals surface area contributed by atoms with Crippen molar-refractivity contribution in [3.63, 3.8) is 0 Å². The molecule has 0 spiro atoms. The molecule has 17 heteroatoms. The molecule has 2 aliphatic heterocycles. The highest BCUT2D eigenvalue weighted by Crippen LogP contribution is 2.31. The number of alkyl halides is 3. The first-order valence-corrected chi connectivity index (χ1v) is 15.3. The number of nitrogens with two attached hydrogens (primary N) is 1. The standard InChI is InChI=1S/C32H32F4N8O5/c1-18-27(41-9-11-42(12-10-41)29(46)23-15-21(33)16-24(48-2)26(23)37)30(47)44-31(39-28(40-44)19-7-13-49-14-8-19)43(18)17-25(45)38-22-5-3-20(4-6-22)32(34,35)36/h3-7,15-16H,8-14,17,37H2,1-2H3,(H,38,45). The maximum Gasteiger partial charge on any atom is 0.416 e. The largest absolute Gasteiger partial charge is 0.494 e. The van der Waals surface area contributed by atoms with E-state index in [-0.39, 0.29) is 66.9 Å². The number of rotatable bonds is 7. The van der Waals surface area contributed by atoms with E-state index in [9.17, 15) is 31.9 Å². The maximum atomic E-state index is 14.2. The summed E-state index contributed by atoms with van der Waals surface area (Å²) in [7, 11) is 1.32. The van der Waals surface area contributed by atoms with Crippen LogP contribution in [0.25, 0.3) is 11.4 Å². The second-order valence-electron chi connectivity index (χ2n) is 11.5. The average molecular weight is 685 g/mol. The third kappa shape index (κ3) is 6.65. The van der Waals surface area contributed by atoms with Gasteiger partial charge in [0.2, 0.25) is 11.7 Å². The second-order valence-corrected chi connectivity index (χ2v) is 11.5. The third-order valence-corrected chi connectivity index (χ3v) is 8.46. The Morgan fingerprint density at radius 1 is 1.10 bits per heavy atom. The summed E-state index contributed by atoms with van der Waals surface area (Å²) in [6, 6.07) is 6.18. The number of nitrogens with one attached hydrogen (secondary N) is 1. The highest BCUT2D eigenvalue weighted by molar-refractivity contribution is 6.00. The highest BCUT2D eigenvalue weighted by Gasteiger charge is 2.31. The summed E-state index contributed by atoms with van der Waals surface area (Å²) in [6.07, 6.45) is -2.19. The average Bonchev–Trinajstić information content (AvgIpc) is 3.54. The molecule has 1 fully saturated rings. The molecule has 0 saturated carbocycles. The molecule has 258 valence electrons. The first-order valence-electron chi connectivity index (χ1n) is 15.3. The summed E-state index contributed by atoms with van der Waals surface area (Å²) in [5, 5.41) is 7.09. The number of hydrogen-bond donors (Lipinski definition) is 2. The van der Waals surface area contributed by atoms with Crippen LogP contribution in [-0.2, 0) is 22.3 Å². The predicted octanol–water partition coefficient (Wildman–Crippen LogP) is 3.35. The Balaban J connectivity index is 1.30. The topological polar surface area (TPSA) is 149 Å². The maximum absolute atomic E-state index is 14.2. The van der Waals surface area contributed by atoms with Crippen molar-refractivity contribution in [1.29, 1.82) is 0 Å². The predicted molar refractivity (Wildman–Crippen MR) is 171 cm³/mol. The van der Waals surface area contributed by atoms with Crippen LogP contribution in [0.2, 0.25) is 0 Å². The van der Waals surface area contributed by atoms with Crippen molar-refractivity contribution in [2.24, 2.45) is 0 Å². The van der Waals surface area contributed by atoms with Gasteiger partial charge in [0, 0.05) is 43.6 Å². The van der Waals surface area contributed by atoms with Crippen LogP contribution >= 0.6 is 0 Å². The molecule has 2 aromatic carbocycles. The van der Waals surface area contributed by atoms with E-state index in [0.717, 1.165) is 46.5 Å². The Bertz CT molecular complexity index is 2020. The van der Waals surface area contributed by atoms with Crippen LogP contribution in [-0.4, -0.2) is 82.4 Å². The van der Waals surface area contributed by atoms with Gasteiger partial charge in [-0.15, -0.1) is 5.10 Å². The fourth-order valence-electron chi connectivity index (χ4n) is 5.90. The smallest absolute Gasteiger partial charge is 0.416 e. The quantitative estimate of drug-likeness (QED) is 0.221. The minimum Gasteiger partial charge on any atom is -0.494 e. The van der Waals surface area contributed by atoms with Crippen LogP contribution in [0.4, 0.5) is 34.6 Å². The Hall–Kier alpha value is -5.45. The normalized spacial score (nSPS) is 15.3. The number of hydrogen-bond acceptors (Lipinski definition) is 9. The molecule has 4 aromatic rings. The molecule has 13 nitrogen and oxygen atoms in total. The van der Waals surface area contributed by atoms with Gasteiger partial charge in [0.25, 0.3) is 11.5 Å². The number of nitrogens with zero attached hydrogens (tertiary/aromatic N) is 6. The first-order chi connectivity index (χ1) is 23.3. The van der Waals surface area contributed by atoms with Gasteiger partial charge in [-0.25, -0.2) is 4.39 Å². The fraction of sp³-hybridized carbons (Fsp3) is 0.344. The van der Waals surface area contributed by atoms with E-state index in [1.165, 1.54) is 16.6 Å². The lowest BCUT2D eigenvalue weighted by atomic mass is 10.1. The number of piperazine rings is 1. The fourth-order valence-corrected chi connectivity index (χ4v) is 5.90. The number of halogens is 4. The van der Waals surface area contributed by atoms with Gasteiger partial charge in [0.15, 0.2) is 5.82 Å². The first kappa shape index (κ1) is 33.5. The molecule has 0 radical (unpaired) electrons. The summed E-state index contributed by atoms with van der Waals surface area (Å²) in [6.45, 7) is 2.86. The summed E-state index contributed by atoms with van der Waals surface area (Å²) < 4.78 is 66.4. The van der Waals surface area contributed by atoms with E-state index < -0.39 is 34.9 Å². The molecule has 0 bridgehead atoms. The zero-order valence-corrected chi connectivity index (χ0v) is 26.5. The van der Waals surface area contributed by atoms with Crippen molar-refractivity contribution in [1.82, 2.24) is 24.1 Å². The van der Waals surface area contributed by atoms with E-state index in [2.05, 4.69) is 15.4 Å². The number of amides is 2. The van der Waals surface area contributed by atoms with E-state index in [4.69, 9.17) is 15.2 Å². The van der Waals surface area contributed by atoms with E-state index in [0.29, 0.717) is 31.2 Å². The summed E-state index contributed by atoms with van der Waals surface area (Å²) in [5.41, 5.74) is 6.24. The van der Waals surface area contributed by atoms with Crippen LogP contribution in [0.3, 0.4) is 0 Å². The van der Waals surface area contributed by atoms with Crippen LogP contribution in [0.15, 0.2) is 47.3 Å². The van der Waals surface area contributed by atoms with Crippen LogP contribution in [0.1, 0.15) is 33.9 Å². The lowest BCUT2D eigenvalue weighted by Gasteiger charge is -2.36. The van der Waals surface area contributed by atoms with Crippen LogP contribution < -0.4 is 26.2 Å². The van der Waals surface area contributed by atoms with Crippen molar-refractivity contribution in [3.8, 4) is 5.75 Å². The SMILES string of the molecule is COc1cc(F)cc(C(=O)N2CCN(c3c(C)n(CC(=O)Nc4ccc(C(F)(F)F)cc4)c4nc(C5=CCOCC5)nn4c3=O)CC2)c1N. The number of methoxy groups -OCH3 is 1. The molecular weight excluding hydrogens is 652 g/mol. The van der Waals surface area contributed by atoms with Gasteiger partial charge in [-0.05, 0) is 49.2 Å². The minimum absolute atomic E-state index is 0.0108. The zero-order valence-electron chi connectivity index (χ0n) is 26.5. The Morgan fingerprint density at radius 2 is 1.82 bits per heavy atom. The van der Waals surface area contributed by atoms with Crippen molar-refractivity contribution in [2.75, 3.05) is 62.5 Å². The Morgan fingerprint density at radius 3 is 2.45 bits per heavy atom. The molecule has 6 rings (SSSR count). The van der Waals surface area contributed by atoms with E-state index in [1.54, 1.807) is 11.8 Å². The number of ether oxygens (including phenoxy) is 2. The van der Waals surface area contributed by atoms with Crippen molar-refractivity contribution >= 4 is 40.2 Å². The Kier molecular flexibility index (Phi) is 9.02. The monoisotopic (exact) mass is 684 g/mol. The molecular formula is C32H32F4N8O5. The van der Waals surface area contributed by atoms with Gasteiger partial charge >= 0.3 is 6.18 Å². The number of benzene rings is 2. The molecule has 3 N–H and O–H groups in total. The van der Waals surface area contributed by atoms with Gasteiger partial charge < -0.3 is 34.9 Å². The van der Waals surface area contributed by atoms with Gasteiger partial charge in [-0.1, -0.05) is 6.08 Å². The van der Waals surface area contributed by atoms with E-state index in [1.807, 2.05) is 6.08 Å². The van der Waals surface area contributed by atoms with Crippen LogP contribution in [0.5, 0.6) is 5.75 Å². The number of carbonyl (C=O) groups excluding carboxylic acids is 2. The number of fused-ring (bicyclic) bond motifs is 1. The highest BCUT2D eigenvalue weighted by atomic mass is 19.4. The molecule has 49 heavy (non-hydrogen) atoms. The number of aromatic nitrogens is 4. The number of carbonyl (C=O) groups is 2. The number of nitrogen functional groups attached to an aromatic ring is 1. The summed E-state index contributed by atoms with van der Waals surface area (Å²) in [5.74, 6) is -1.31. The molecule has 0 aliphatic carbocycles. The van der Waals surface area contributed by atoms with Crippen molar-refractivity contribution in [3.05, 3.63) is 81.3 Å². The summed E-state index contributed by atoms with van der Waals surface area (Å²) in [4.78, 5) is 48.5. The third-order valence-electron chi connectivity index (χ3n) is 8.46. The van der Waals surface area contributed by atoms with Gasteiger partial charge in [-0.3, -0.25) is 14.4 Å². The van der Waals surface area contributed by atoms with Gasteiger partial charge in [-0.2, -0.15) is 22.7 Å². The molecule has 4 heterocycles. The zero-order chi connectivity index (χ0) is 35.0. The molecule has 0 atom stereocenters. The van der Waals surface area contributed by atoms with Crippen LogP contribution in [0, 0.1) is 12.7 Å². The minimum atomic E-state index is -4.53. The van der Waals surface area contributed by atoms with Gasteiger partial charge in [0.05, 0.1) is 37.1 Å². The lowest BCUT2D eigenvalue weighted by Crippen LogP contribution is -2.50. The van der Waals surface area contributed by atoms with Gasteiger partial charge in [0.1, 0.15) is 23.8 Å². The number of anilines is 3. The van der Waals surface area contributed by atoms with Crippen molar-refractivity contribution < 1.29 is 36.6 Å². The molecule has 2 aromatic heterocycles. The lowest BCUT2D eigenvalue weighted by molar-refractivity contribution is -0.137. The van der Waals surface area contributed by atoms with E-state index >= 15 is 0 Å². The molecule has 2 amide bonds. The van der Waals surface area contributed by atoms with Crippen molar-refractivity contribution in [2.45, 2.75) is 26.1 Å². The molecule has 2 aliphatic rings.